The first-order valence-corrected chi connectivity index (χ1v) is 9.65. The van der Waals surface area contributed by atoms with Gasteiger partial charge in [0.25, 0.3) is 0 Å². The minimum atomic E-state index is -0.336. The van der Waals surface area contributed by atoms with Crippen LogP contribution in [0.5, 0.6) is 0 Å². The number of ketones is 1. The molecule has 144 valence electrons. The maximum atomic E-state index is 12.6. The molecule has 0 aliphatic carbocycles. The van der Waals surface area contributed by atoms with Crippen LogP contribution < -0.4 is 5.32 Å². The predicted molar refractivity (Wildman–Crippen MR) is 110 cm³/mol. The average molecular weight is 367 g/mol. The third kappa shape index (κ3) is 4.57. The number of hydrogen-bond acceptors (Lipinski definition) is 4. The molecule has 1 aliphatic heterocycles. The Kier molecular flexibility index (Phi) is 5.98. The fourth-order valence-electron chi connectivity index (χ4n) is 3.77. The summed E-state index contributed by atoms with van der Waals surface area (Å²) in [6.45, 7) is 4.18. The number of Topliss-reactive ketones (excluding diaryl/α,β-unsaturated/α-hetero) is 1. The van der Waals surface area contributed by atoms with E-state index in [-0.39, 0.29) is 23.7 Å². The summed E-state index contributed by atoms with van der Waals surface area (Å²) in [5.74, 6) is 0.275. The lowest BCUT2D eigenvalue weighted by atomic mass is 9.95. The van der Waals surface area contributed by atoms with E-state index < -0.39 is 0 Å². The van der Waals surface area contributed by atoms with Gasteiger partial charge in [-0.15, -0.1) is 0 Å². The summed E-state index contributed by atoms with van der Waals surface area (Å²) in [6, 6.07) is 18.6. The van der Waals surface area contributed by atoms with Gasteiger partial charge in [0.2, 0.25) is 0 Å². The molecule has 27 heavy (non-hydrogen) atoms. The molecule has 0 unspecified atom stereocenters. The Morgan fingerprint density at radius 1 is 1.11 bits per heavy atom. The van der Waals surface area contributed by atoms with Crippen LogP contribution in [0.25, 0.3) is 0 Å². The average Bonchev–Trinajstić information content (AvgIpc) is 2.91. The number of carbonyl (C=O) groups excluding carboxylic acids is 1. The smallest absolute Gasteiger partial charge is 0.137 e. The first-order chi connectivity index (χ1) is 12.9. The van der Waals surface area contributed by atoms with Crippen LogP contribution in [0.2, 0.25) is 0 Å². The number of likely N-dealkylation sites (N-methyl/N-ethyl adjacent to an activating group) is 1. The summed E-state index contributed by atoms with van der Waals surface area (Å²) < 4.78 is 6.34. The molecule has 1 saturated heterocycles. The molecule has 4 heteroatoms. The van der Waals surface area contributed by atoms with Crippen molar-refractivity contribution in [1.82, 2.24) is 4.90 Å². The van der Waals surface area contributed by atoms with Crippen molar-refractivity contribution in [2.75, 3.05) is 19.4 Å². The SMILES string of the molecule is CNc1ccc(CC(=O)CC[C@@H]2[C@@H](c3ccccc3)OC(C)(C)N2C)cc1. The lowest BCUT2D eigenvalue weighted by molar-refractivity contribution is -0.118. The van der Waals surface area contributed by atoms with Gasteiger partial charge in [-0.2, -0.15) is 0 Å². The number of rotatable bonds is 7. The van der Waals surface area contributed by atoms with E-state index in [1.54, 1.807) is 0 Å². The van der Waals surface area contributed by atoms with E-state index >= 15 is 0 Å². The topological polar surface area (TPSA) is 41.6 Å². The fourth-order valence-corrected chi connectivity index (χ4v) is 3.77. The highest BCUT2D eigenvalue weighted by Crippen LogP contribution is 2.41. The minimum Gasteiger partial charge on any atom is -0.388 e. The first kappa shape index (κ1) is 19.6. The second-order valence-corrected chi connectivity index (χ2v) is 7.78. The molecule has 1 N–H and O–H groups in total. The fraction of sp³-hybridized carbons (Fsp3) is 0.435. The zero-order chi connectivity index (χ0) is 19.4. The molecule has 0 bridgehead atoms. The number of benzene rings is 2. The van der Waals surface area contributed by atoms with Crippen molar-refractivity contribution in [3.63, 3.8) is 0 Å². The lowest BCUT2D eigenvalue weighted by Crippen LogP contribution is -2.40. The van der Waals surface area contributed by atoms with Crippen molar-refractivity contribution in [3.8, 4) is 0 Å². The Labute approximate surface area is 162 Å². The normalized spacial score (nSPS) is 21.9. The van der Waals surface area contributed by atoms with Crippen LogP contribution in [0.1, 0.15) is 43.9 Å². The second kappa shape index (κ2) is 8.24. The Balaban J connectivity index is 1.64. The monoisotopic (exact) mass is 366 g/mol. The maximum Gasteiger partial charge on any atom is 0.137 e. The molecule has 0 spiro atoms. The summed E-state index contributed by atoms with van der Waals surface area (Å²) in [7, 11) is 3.99. The molecule has 0 amide bonds. The van der Waals surface area contributed by atoms with Crippen molar-refractivity contribution in [2.24, 2.45) is 0 Å². The van der Waals surface area contributed by atoms with E-state index in [1.807, 2.05) is 49.5 Å². The number of nitrogens with zero attached hydrogens (tertiary/aromatic N) is 1. The third-order valence-electron chi connectivity index (χ3n) is 5.60. The number of anilines is 1. The minimum absolute atomic E-state index is 0.00564. The summed E-state index contributed by atoms with van der Waals surface area (Å²) in [5, 5.41) is 3.10. The van der Waals surface area contributed by atoms with Gasteiger partial charge >= 0.3 is 0 Å². The van der Waals surface area contributed by atoms with Gasteiger partial charge in [0, 0.05) is 31.6 Å². The summed E-state index contributed by atoms with van der Waals surface area (Å²) in [4.78, 5) is 14.8. The number of nitrogens with one attached hydrogen (secondary N) is 1. The van der Waals surface area contributed by atoms with Crippen LogP contribution >= 0.6 is 0 Å². The highest BCUT2D eigenvalue weighted by molar-refractivity contribution is 5.81. The first-order valence-electron chi connectivity index (χ1n) is 9.65. The van der Waals surface area contributed by atoms with E-state index in [2.05, 4.69) is 43.2 Å². The molecular weight excluding hydrogens is 336 g/mol. The van der Waals surface area contributed by atoms with Crippen LogP contribution in [0, 0.1) is 0 Å². The number of hydrogen-bond donors (Lipinski definition) is 1. The summed E-state index contributed by atoms with van der Waals surface area (Å²) in [5.41, 5.74) is 2.96. The van der Waals surface area contributed by atoms with Gasteiger partial charge in [-0.3, -0.25) is 9.69 Å². The third-order valence-corrected chi connectivity index (χ3v) is 5.60. The van der Waals surface area contributed by atoms with Crippen molar-refractivity contribution in [1.29, 1.82) is 0 Å². The van der Waals surface area contributed by atoms with Crippen LogP contribution in [-0.2, 0) is 16.0 Å². The second-order valence-electron chi connectivity index (χ2n) is 7.78. The van der Waals surface area contributed by atoms with Gasteiger partial charge in [0.1, 0.15) is 17.6 Å². The largest absolute Gasteiger partial charge is 0.388 e. The Morgan fingerprint density at radius 2 is 1.78 bits per heavy atom. The molecule has 3 rings (SSSR count). The number of ether oxygens (including phenoxy) is 1. The molecule has 2 aromatic rings. The zero-order valence-electron chi connectivity index (χ0n) is 16.7. The molecular formula is C23H30N2O2. The lowest BCUT2D eigenvalue weighted by Gasteiger charge is -2.29. The molecule has 1 aliphatic rings. The van der Waals surface area contributed by atoms with Gasteiger partial charge in [0.15, 0.2) is 0 Å². The molecule has 0 aromatic heterocycles. The van der Waals surface area contributed by atoms with E-state index in [4.69, 9.17) is 4.74 Å². The van der Waals surface area contributed by atoms with Crippen LogP contribution in [0.3, 0.4) is 0 Å². The van der Waals surface area contributed by atoms with Gasteiger partial charge in [-0.05, 0) is 50.6 Å². The van der Waals surface area contributed by atoms with Gasteiger partial charge < -0.3 is 10.1 Å². The Bertz CT molecular complexity index is 756. The Morgan fingerprint density at radius 3 is 2.41 bits per heavy atom. The van der Waals surface area contributed by atoms with Crippen LogP contribution in [-0.4, -0.2) is 36.5 Å². The van der Waals surface area contributed by atoms with Crippen molar-refractivity contribution in [2.45, 2.75) is 51.0 Å². The quantitative estimate of drug-likeness (QED) is 0.787. The maximum absolute atomic E-state index is 12.6. The van der Waals surface area contributed by atoms with Crippen molar-refractivity contribution >= 4 is 11.5 Å². The Hall–Kier alpha value is -2.17. The highest BCUT2D eigenvalue weighted by Gasteiger charge is 2.45. The van der Waals surface area contributed by atoms with E-state index in [0.29, 0.717) is 12.8 Å². The molecule has 0 radical (unpaired) electrons. The predicted octanol–water partition coefficient (Wildman–Crippen LogP) is 4.43. The zero-order valence-corrected chi connectivity index (χ0v) is 16.7. The molecule has 2 atom stereocenters. The summed E-state index contributed by atoms with van der Waals surface area (Å²) >= 11 is 0. The molecule has 2 aromatic carbocycles. The molecule has 1 fully saturated rings. The van der Waals surface area contributed by atoms with E-state index in [1.165, 1.54) is 5.56 Å². The number of carbonyl (C=O) groups is 1. The molecule has 4 nitrogen and oxygen atoms in total. The van der Waals surface area contributed by atoms with E-state index in [9.17, 15) is 4.79 Å². The molecule has 0 saturated carbocycles. The highest BCUT2D eigenvalue weighted by atomic mass is 16.5. The van der Waals surface area contributed by atoms with Gasteiger partial charge in [-0.1, -0.05) is 42.5 Å². The van der Waals surface area contributed by atoms with Crippen molar-refractivity contribution in [3.05, 3.63) is 65.7 Å². The van der Waals surface area contributed by atoms with Crippen molar-refractivity contribution < 1.29 is 9.53 Å². The van der Waals surface area contributed by atoms with E-state index in [0.717, 1.165) is 17.7 Å². The summed E-state index contributed by atoms with van der Waals surface area (Å²) in [6.07, 6.45) is 1.84. The standard InChI is InChI=1S/C23H30N2O2/c1-23(2)25(4)21(22(27-23)18-8-6-5-7-9-18)15-14-20(26)16-17-10-12-19(24-3)13-11-17/h5-13,21-22,24H,14-16H2,1-4H3/t21-,22-/m1/s1. The molecule has 1 heterocycles. The van der Waals surface area contributed by atoms with Gasteiger partial charge in [0.05, 0.1) is 0 Å². The van der Waals surface area contributed by atoms with Crippen LogP contribution in [0.15, 0.2) is 54.6 Å². The van der Waals surface area contributed by atoms with Crippen LogP contribution in [0.4, 0.5) is 5.69 Å². The van der Waals surface area contributed by atoms with Gasteiger partial charge in [-0.25, -0.2) is 0 Å².